The number of primary amides is 1. The molecule has 0 spiro atoms. The lowest BCUT2D eigenvalue weighted by Gasteiger charge is -2.33. The number of anilines is 1. The number of nitrogens with two attached hydrogens (primary N) is 1. The molecule has 154 valence electrons. The Labute approximate surface area is 177 Å². The number of benzene rings is 2. The number of aryl methyl sites for hydroxylation is 2. The highest BCUT2D eigenvalue weighted by atomic mass is 32.2. The van der Waals surface area contributed by atoms with Gasteiger partial charge in [-0.3, -0.25) is 9.59 Å². The lowest BCUT2D eigenvalue weighted by atomic mass is 10.1. The smallest absolute Gasteiger partial charge is 0.277 e. The second-order valence-corrected chi connectivity index (χ2v) is 7.95. The summed E-state index contributed by atoms with van der Waals surface area (Å²) in [4.78, 5) is 26.0. The second-order valence-electron chi connectivity index (χ2n) is 7.02. The Kier molecular flexibility index (Phi) is 5.45. The number of amides is 2. The molecule has 1 unspecified atom stereocenters. The van der Waals surface area contributed by atoms with Crippen LogP contribution in [0.2, 0.25) is 0 Å². The molecule has 3 aromatic rings. The number of hydrogen-bond donors (Lipinski definition) is 1. The van der Waals surface area contributed by atoms with Crippen molar-refractivity contribution in [3.8, 4) is 17.2 Å². The molecule has 8 nitrogen and oxygen atoms in total. The average molecular weight is 424 g/mol. The second kappa shape index (κ2) is 8.19. The standard InChI is InChI=1S/C21H20N4O4S/c1-12-7-13(2)9-14(8-12)20-23-24-21(29-20)30-11-18(26)25-10-17(19(22)27)28-16-6-4-3-5-15(16)25/h3-9,17H,10-11H2,1-2H3,(H2,22,27). The number of hydrogen-bond acceptors (Lipinski definition) is 7. The summed E-state index contributed by atoms with van der Waals surface area (Å²) in [6.07, 6.45) is -0.895. The molecule has 2 aromatic carbocycles. The molecule has 1 atom stereocenters. The zero-order chi connectivity index (χ0) is 21.3. The van der Waals surface area contributed by atoms with E-state index in [1.165, 1.54) is 4.90 Å². The van der Waals surface area contributed by atoms with Crippen LogP contribution in [0.4, 0.5) is 5.69 Å². The van der Waals surface area contributed by atoms with Crippen LogP contribution in [-0.4, -0.2) is 40.4 Å². The van der Waals surface area contributed by atoms with Gasteiger partial charge in [0, 0.05) is 5.56 Å². The Morgan fingerprint density at radius 3 is 2.63 bits per heavy atom. The first-order valence-corrected chi connectivity index (χ1v) is 10.3. The van der Waals surface area contributed by atoms with E-state index in [0.29, 0.717) is 22.6 Å². The largest absolute Gasteiger partial charge is 0.477 e. The summed E-state index contributed by atoms with van der Waals surface area (Å²) in [7, 11) is 0. The molecular weight excluding hydrogens is 404 g/mol. The fraction of sp³-hybridized carbons (Fsp3) is 0.238. The summed E-state index contributed by atoms with van der Waals surface area (Å²) < 4.78 is 11.3. The molecule has 0 bridgehead atoms. The Morgan fingerprint density at radius 2 is 1.90 bits per heavy atom. The Balaban J connectivity index is 1.47. The number of thioether (sulfide) groups is 1. The maximum Gasteiger partial charge on any atom is 0.277 e. The van der Waals surface area contributed by atoms with Crippen molar-refractivity contribution in [1.82, 2.24) is 10.2 Å². The molecule has 1 aromatic heterocycles. The van der Waals surface area contributed by atoms with Gasteiger partial charge in [0.2, 0.25) is 11.8 Å². The Bertz CT molecular complexity index is 1090. The molecule has 9 heteroatoms. The van der Waals surface area contributed by atoms with Crippen LogP contribution >= 0.6 is 11.8 Å². The molecule has 30 heavy (non-hydrogen) atoms. The number of ether oxygens (including phenoxy) is 1. The Hall–Kier alpha value is -3.33. The van der Waals surface area contributed by atoms with Gasteiger partial charge in [0.05, 0.1) is 18.0 Å². The molecular formula is C21H20N4O4S. The van der Waals surface area contributed by atoms with Gasteiger partial charge in [-0.2, -0.15) is 0 Å². The van der Waals surface area contributed by atoms with Crippen molar-refractivity contribution in [3.63, 3.8) is 0 Å². The number of carbonyl (C=O) groups is 2. The summed E-state index contributed by atoms with van der Waals surface area (Å²) in [5, 5.41) is 8.42. The minimum Gasteiger partial charge on any atom is -0.477 e. The van der Waals surface area contributed by atoms with Crippen LogP contribution in [0, 0.1) is 13.8 Å². The maximum atomic E-state index is 12.9. The number of rotatable bonds is 5. The number of para-hydroxylation sites is 2. The fourth-order valence-corrected chi connectivity index (χ4v) is 3.94. The van der Waals surface area contributed by atoms with Crippen LogP contribution in [-0.2, 0) is 9.59 Å². The number of fused-ring (bicyclic) bond motifs is 1. The van der Waals surface area contributed by atoms with Crippen molar-refractivity contribution in [3.05, 3.63) is 53.6 Å². The monoisotopic (exact) mass is 424 g/mol. The van der Waals surface area contributed by atoms with E-state index in [1.54, 1.807) is 24.3 Å². The van der Waals surface area contributed by atoms with E-state index in [1.807, 2.05) is 26.0 Å². The summed E-state index contributed by atoms with van der Waals surface area (Å²) >= 11 is 1.14. The van der Waals surface area contributed by atoms with E-state index >= 15 is 0 Å². The highest BCUT2D eigenvalue weighted by Gasteiger charge is 2.32. The van der Waals surface area contributed by atoms with Crippen LogP contribution in [0.3, 0.4) is 0 Å². The van der Waals surface area contributed by atoms with Crippen LogP contribution < -0.4 is 15.4 Å². The van der Waals surface area contributed by atoms with Gasteiger partial charge in [-0.25, -0.2) is 0 Å². The number of carbonyl (C=O) groups excluding carboxylic acids is 2. The molecule has 0 aliphatic carbocycles. The summed E-state index contributed by atoms with van der Waals surface area (Å²) in [5.41, 5.74) is 9.03. The highest BCUT2D eigenvalue weighted by Crippen LogP contribution is 2.34. The van der Waals surface area contributed by atoms with Crippen LogP contribution in [0.15, 0.2) is 52.1 Å². The average Bonchev–Trinajstić information content (AvgIpc) is 3.19. The van der Waals surface area contributed by atoms with Gasteiger partial charge >= 0.3 is 0 Å². The van der Waals surface area contributed by atoms with Crippen molar-refractivity contribution in [2.75, 3.05) is 17.2 Å². The van der Waals surface area contributed by atoms with Crippen LogP contribution in [0.1, 0.15) is 11.1 Å². The maximum absolute atomic E-state index is 12.9. The molecule has 4 rings (SSSR count). The first-order valence-electron chi connectivity index (χ1n) is 9.31. The van der Waals surface area contributed by atoms with Crippen molar-refractivity contribution in [1.29, 1.82) is 0 Å². The zero-order valence-electron chi connectivity index (χ0n) is 16.5. The molecule has 0 saturated carbocycles. The van der Waals surface area contributed by atoms with E-state index < -0.39 is 12.0 Å². The van der Waals surface area contributed by atoms with Crippen molar-refractivity contribution in [2.24, 2.45) is 5.73 Å². The van der Waals surface area contributed by atoms with Crippen molar-refractivity contribution in [2.45, 2.75) is 25.2 Å². The SMILES string of the molecule is Cc1cc(C)cc(-c2nnc(SCC(=O)N3CC(C(N)=O)Oc4ccccc43)o2)c1. The van der Waals surface area contributed by atoms with Crippen LogP contribution in [0.25, 0.3) is 11.5 Å². The first kappa shape index (κ1) is 20.0. The van der Waals surface area contributed by atoms with E-state index in [9.17, 15) is 9.59 Å². The van der Waals surface area contributed by atoms with Gasteiger partial charge in [-0.15, -0.1) is 10.2 Å². The minimum atomic E-state index is -0.895. The zero-order valence-corrected chi connectivity index (χ0v) is 17.3. The number of nitrogens with zero attached hydrogens (tertiary/aromatic N) is 3. The van der Waals surface area contributed by atoms with E-state index in [4.69, 9.17) is 14.9 Å². The predicted octanol–water partition coefficient (Wildman–Crippen LogP) is 2.73. The molecule has 1 aliphatic heterocycles. The molecule has 2 N–H and O–H groups in total. The Morgan fingerprint density at radius 1 is 1.17 bits per heavy atom. The third-order valence-electron chi connectivity index (χ3n) is 4.59. The highest BCUT2D eigenvalue weighted by molar-refractivity contribution is 7.99. The van der Waals surface area contributed by atoms with E-state index in [2.05, 4.69) is 16.3 Å². The molecule has 2 heterocycles. The van der Waals surface area contributed by atoms with Gasteiger partial charge in [0.1, 0.15) is 5.75 Å². The van der Waals surface area contributed by atoms with Gasteiger partial charge in [0.15, 0.2) is 6.10 Å². The third-order valence-corrected chi connectivity index (χ3v) is 5.39. The molecule has 0 radical (unpaired) electrons. The topological polar surface area (TPSA) is 112 Å². The minimum absolute atomic E-state index is 0.0589. The summed E-state index contributed by atoms with van der Waals surface area (Å²) in [5.74, 6) is 0.0787. The molecule has 0 saturated heterocycles. The van der Waals surface area contributed by atoms with Gasteiger partial charge in [-0.05, 0) is 38.1 Å². The number of aromatic nitrogens is 2. The molecule has 2 amide bonds. The predicted molar refractivity (Wildman–Crippen MR) is 112 cm³/mol. The summed E-state index contributed by atoms with van der Waals surface area (Å²) in [6.45, 7) is 4.06. The first-order chi connectivity index (χ1) is 14.4. The van der Waals surface area contributed by atoms with E-state index in [0.717, 1.165) is 28.5 Å². The van der Waals surface area contributed by atoms with E-state index in [-0.39, 0.29) is 18.2 Å². The molecule has 1 aliphatic rings. The third kappa shape index (κ3) is 4.16. The quantitative estimate of drug-likeness (QED) is 0.627. The normalized spacial score (nSPS) is 15.4. The fourth-order valence-electron chi connectivity index (χ4n) is 3.30. The van der Waals surface area contributed by atoms with Gasteiger partial charge < -0.3 is 19.8 Å². The van der Waals surface area contributed by atoms with Crippen molar-refractivity contribution < 1.29 is 18.7 Å². The lowest BCUT2D eigenvalue weighted by molar-refractivity contribution is -0.125. The lowest BCUT2D eigenvalue weighted by Crippen LogP contribution is -2.49. The molecule has 0 fully saturated rings. The van der Waals surface area contributed by atoms with Gasteiger partial charge in [0.25, 0.3) is 11.1 Å². The summed E-state index contributed by atoms with van der Waals surface area (Å²) in [6, 6.07) is 13.0. The van der Waals surface area contributed by atoms with Crippen molar-refractivity contribution >= 4 is 29.3 Å². The van der Waals surface area contributed by atoms with Crippen LogP contribution in [0.5, 0.6) is 5.75 Å². The van der Waals surface area contributed by atoms with Gasteiger partial charge in [-0.1, -0.05) is 41.1 Å².